The number of hydrogen-bond donors (Lipinski definition) is 1. The molecule has 23 heavy (non-hydrogen) atoms. The van der Waals surface area contributed by atoms with E-state index in [-0.39, 0.29) is 29.4 Å². The van der Waals surface area contributed by atoms with Crippen molar-refractivity contribution in [3.05, 3.63) is 63.7 Å². The van der Waals surface area contributed by atoms with Gasteiger partial charge < -0.3 is 14.6 Å². The molecule has 0 saturated heterocycles. The highest BCUT2D eigenvalue weighted by Crippen LogP contribution is 2.35. The molecule has 0 aliphatic carbocycles. The summed E-state index contributed by atoms with van der Waals surface area (Å²) in [6.07, 6.45) is -0.467. The van der Waals surface area contributed by atoms with Gasteiger partial charge in [-0.1, -0.05) is 30.3 Å². The van der Waals surface area contributed by atoms with Crippen molar-refractivity contribution >= 4 is 11.7 Å². The van der Waals surface area contributed by atoms with E-state index in [1.165, 1.54) is 19.2 Å². The summed E-state index contributed by atoms with van der Waals surface area (Å²) in [6, 6.07) is 11.8. The fourth-order valence-corrected chi connectivity index (χ4v) is 2.07. The Hall–Kier alpha value is -3.09. The van der Waals surface area contributed by atoms with Crippen LogP contribution in [0.25, 0.3) is 0 Å². The van der Waals surface area contributed by atoms with E-state index in [4.69, 9.17) is 14.6 Å². The van der Waals surface area contributed by atoms with Crippen LogP contribution in [0.4, 0.5) is 5.69 Å². The third-order valence-electron chi connectivity index (χ3n) is 3.14. The Morgan fingerprint density at radius 2 is 1.91 bits per heavy atom. The Labute approximate surface area is 132 Å². The molecule has 0 atom stereocenters. The second-order valence-corrected chi connectivity index (χ2v) is 4.73. The Morgan fingerprint density at radius 3 is 2.48 bits per heavy atom. The van der Waals surface area contributed by atoms with Gasteiger partial charge in [-0.3, -0.25) is 14.9 Å². The van der Waals surface area contributed by atoms with Gasteiger partial charge in [0.15, 0.2) is 11.5 Å². The molecule has 0 radical (unpaired) electrons. The number of ether oxygens (including phenoxy) is 2. The molecule has 7 nitrogen and oxygen atoms in total. The van der Waals surface area contributed by atoms with Gasteiger partial charge >= 0.3 is 5.97 Å². The molecule has 0 saturated carbocycles. The molecule has 1 N–H and O–H groups in total. The maximum Gasteiger partial charge on any atom is 0.308 e. The largest absolute Gasteiger partial charge is 0.493 e. The molecule has 0 unspecified atom stereocenters. The van der Waals surface area contributed by atoms with Crippen LogP contribution < -0.4 is 9.47 Å². The van der Waals surface area contributed by atoms with E-state index in [1.807, 2.05) is 30.3 Å². The third-order valence-corrected chi connectivity index (χ3v) is 3.14. The van der Waals surface area contributed by atoms with Crippen molar-refractivity contribution in [3.8, 4) is 11.5 Å². The zero-order chi connectivity index (χ0) is 16.8. The van der Waals surface area contributed by atoms with Gasteiger partial charge in [0, 0.05) is 5.56 Å². The van der Waals surface area contributed by atoms with Gasteiger partial charge in [-0.2, -0.15) is 0 Å². The Balaban J connectivity index is 2.32. The van der Waals surface area contributed by atoms with Crippen LogP contribution in [-0.2, 0) is 17.8 Å². The first-order valence-corrected chi connectivity index (χ1v) is 6.75. The predicted octanol–water partition coefficient (Wildman–Crippen LogP) is 2.81. The maximum absolute atomic E-state index is 11.1. The molecular weight excluding hydrogens is 302 g/mol. The molecule has 0 fully saturated rings. The van der Waals surface area contributed by atoms with E-state index in [0.29, 0.717) is 0 Å². The van der Waals surface area contributed by atoms with Crippen molar-refractivity contribution in [1.82, 2.24) is 0 Å². The summed E-state index contributed by atoms with van der Waals surface area (Å²) in [4.78, 5) is 21.4. The highest BCUT2D eigenvalue weighted by atomic mass is 16.6. The van der Waals surface area contributed by atoms with Gasteiger partial charge in [0.1, 0.15) is 6.61 Å². The average molecular weight is 317 g/mol. The topological polar surface area (TPSA) is 98.9 Å². The van der Waals surface area contributed by atoms with E-state index in [0.717, 1.165) is 5.56 Å². The van der Waals surface area contributed by atoms with Gasteiger partial charge in [-0.05, 0) is 11.6 Å². The van der Waals surface area contributed by atoms with E-state index < -0.39 is 17.3 Å². The summed E-state index contributed by atoms with van der Waals surface area (Å²) in [7, 11) is 1.39. The standard InChI is InChI=1S/C16H15NO6/c1-22-14-7-12(8-16(18)19)13(17(20)21)9-15(14)23-10-11-5-3-2-4-6-11/h2-7,9H,8,10H2,1H3,(H,18,19). The number of carbonyl (C=O) groups is 1. The molecule has 120 valence electrons. The van der Waals surface area contributed by atoms with Gasteiger partial charge in [0.05, 0.1) is 24.5 Å². The number of nitro groups is 1. The first-order valence-electron chi connectivity index (χ1n) is 6.75. The number of carboxylic acid groups (broad SMARTS) is 1. The molecule has 0 heterocycles. The van der Waals surface area contributed by atoms with E-state index in [2.05, 4.69) is 0 Å². The molecule has 0 spiro atoms. The van der Waals surface area contributed by atoms with Crippen LogP contribution in [0.5, 0.6) is 11.5 Å². The van der Waals surface area contributed by atoms with Crippen LogP contribution in [0.2, 0.25) is 0 Å². The lowest BCUT2D eigenvalue weighted by molar-refractivity contribution is -0.385. The highest BCUT2D eigenvalue weighted by molar-refractivity contribution is 5.73. The molecule has 0 aliphatic rings. The number of aliphatic carboxylic acids is 1. The number of benzene rings is 2. The minimum absolute atomic E-state index is 0.0615. The van der Waals surface area contributed by atoms with Crippen molar-refractivity contribution in [1.29, 1.82) is 0 Å². The van der Waals surface area contributed by atoms with Gasteiger partial charge in [-0.15, -0.1) is 0 Å². The molecular formula is C16H15NO6. The Bertz CT molecular complexity index is 714. The van der Waals surface area contributed by atoms with Gasteiger partial charge in [0.2, 0.25) is 0 Å². The molecule has 0 bridgehead atoms. The third kappa shape index (κ3) is 4.19. The zero-order valence-electron chi connectivity index (χ0n) is 12.4. The maximum atomic E-state index is 11.1. The van der Waals surface area contributed by atoms with Crippen molar-refractivity contribution in [2.75, 3.05) is 7.11 Å². The van der Waals surface area contributed by atoms with Crippen LogP contribution in [0.3, 0.4) is 0 Å². The molecule has 2 aromatic carbocycles. The van der Waals surface area contributed by atoms with Gasteiger partial charge in [-0.25, -0.2) is 0 Å². The fourth-order valence-electron chi connectivity index (χ4n) is 2.07. The van der Waals surface area contributed by atoms with E-state index in [1.54, 1.807) is 0 Å². The summed E-state index contributed by atoms with van der Waals surface area (Å²) in [6.45, 7) is 0.215. The average Bonchev–Trinajstić information content (AvgIpc) is 2.53. The number of carboxylic acids is 1. The smallest absolute Gasteiger partial charge is 0.308 e. The number of nitro benzene ring substituents is 1. The van der Waals surface area contributed by atoms with Crippen molar-refractivity contribution in [3.63, 3.8) is 0 Å². The summed E-state index contributed by atoms with van der Waals surface area (Å²) in [5.74, 6) is -0.715. The van der Waals surface area contributed by atoms with Crippen molar-refractivity contribution < 1.29 is 24.3 Å². The van der Waals surface area contributed by atoms with Crippen molar-refractivity contribution in [2.45, 2.75) is 13.0 Å². The fraction of sp³-hybridized carbons (Fsp3) is 0.188. The minimum Gasteiger partial charge on any atom is -0.493 e. The van der Waals surface area contributed by atoms with Crippen LogP contribution in [0.1, 0.15) is 11.1 Å². The van der Waals surface area contributed by atoms with Crippen LogP contribution >= 0.6 is 0 Å². The lowest BCUT2D eigenvalue weighted by Gasteiger charge is -2.12. The van der Waals surface area contributed by atoms with Crippen LogP contribution in [0.15, 0.2) is 42.5 Å². The SMILES string of the molecule is COc1cc(CC(=O)O)c([N+](=O)[O-])cc1OCc1ccccc1. The number of hydrogen-bond acceptors (Lipinski definition) is 5. The molecule has 0 aromatic heterocycles. The molecule has 2 aromatic rings. The number of rotatable bonds is 7. The molecule has 0 amide bonds. The van der Waals surface area contributed by atoms with Crippen LogP contribution in [-0.4, -0.2) is 23.1 Å². The highest BCUT2D eigenvalue weighted by Gasteiger charge is 2.21. The molecule has 7 heteroatoms. The predicted molar refractivity (Wildman–Crippen MR) is 81.8 cm³/mol. The number of methoxy groups -OCH3 is 1. The second kappa shape index (κ2) is 7.26. The molecule has 0 aliphatic heterocycles. The Morgan fingerprint density at radius 1 is 1.22 bits per heavy atom. The minimum atomic E-state index is -1.16. The summed E-state index contributed by atoms with van der Waals surface area (Å²) in [5.41, 5.74) is 0.648. The summed E-state index contributed by atoms with van der Waals surface area (Å²) >= 11 is 0. The van der Waals surface area contributed by atoms with E-state index in [9.17, 15) is 14.9 Å². The normalized spacial score (nSPS) is 10.1. The Kier molecular flexibility index (Phi) is 5.14. The van der Waals surface area contributed by atoms with Crippen molar-refractivity contribution in [2.24, 2.45) is 0 Å². The van der Waals surface area contributed by atoms with Crippen LogP contribution in [0, 0.1) is 10.1 Å². The lowest BCUT2D eigenvalue weighted by Crippen LogP contribution is -2.06. The quantitative estimate of drug-likeness (QED) is 0.622. The van der Waals surface area contributed by atoms with Gasteiger partial charge in [0.25, 0.3) is 5.69 Å². The second-order valence-electron chi connectivity index (χ2n) is 4.73. The first kappa shape index (κ1) is 16.3. The lowest BCUT2D eigenvalue weighted by atomic mass is 10.1. The number of nitrogens with zero attached hydrogens (tertiary/aromatic N) is 1. The zero-order valence-corrected chi connectivity index (χ0v) is 12.4. The summed E-state index contributed by atoms with van der Waals surface area (Å²) in [5, 5.41) is 20.0. The first-order chi connectivity index (χ1) is 11.0. The molecule has 2 rings (SSSR count). The summed E-state index contributed by atoms with van der Waals surface area (Å²) < 4.78 is 10.7. The van der Waals surface area contributed by atoms with E-state index >= 15 is 0 Å². The monoisotopic (exact) mass is 317 g/mol.